The van der Waals surface area contributed by atoms with Crippen LogP contribution in [-0.4, -0.2) is 5.91 Å². The van der Waals surface area contributed by atoms with Gasteiger partial charge >= 0.3 is 0 Å². The first-order valence-electron chi connectivity index (χ1n) is 5.19. The van der Waals surface area contributed by atoms with Crippen LogP contribution in [0.1, 0.15) is 10.4 Å². The molecule has 0 heterocycles. The molecule has 0 spiro atoms. The number of amides is 1. The van der Waals surface area contributed by atoms with Gasteiger partial charge in [0.05, 0.1) is 11.3 Å². The fourth-order valence-corrected chi connectivity index (χ4v) is 1.98. The summed E-state index contributed by atoms with van der Waals surface area (Å²) in [7, 11) is 0. The van der Waals surface area contributed by atoms with Crippen LogP contribution < -0.4 is 5.32 Å². The van der Waals surface area contributed by atoms with Gasteiger partial charge in [0.1, 0.15) is 0 Å². The quantitative estimate of drug-likeness (QED) is 0.844. The van der Waals surface area contributed by atoms with Crippen molar-refractivity contribution in [3.8, 4) is 0 Å². The minimum Gasteiger partial charge on any atom is -0.321 e. The molecular weight excluding hydrogens is 340 g/mol. The maximum atomic E-state index is 13.5. The van der Waals surface area contributed by atoms with E-state index in [1.165, 1.54) is 18.2 Å². The van der Waals surface area contributed by atoms with Gasteiger partial charge in [-0.1, -0.05) is 17.7 Å². The van der Waals surface area contributed by atoms with Gasteiger partial charge in [0.25, 0.3) is 5.91 Å². The number of carbonyl (C=O) groups is 1. The summed E-state index contributed by atoms with van der Waals surface area (Å²) in [5, 5.41) is 2.87. The molecule has 0 radical (unpaired) electrons. The Balaban J connectivity index is 2.31. The zero-order chi connectivity index (χ0) is 14.0. The summed E-state index contributed by atoms with van der Waals surface area (Å²) < 4.78 is 27.1. The van der Waals surface area contributed by atoms with Crippen molar-refractivity contribution in [2.45, 2.75) is 0 Å². The molecule has 0 unspecified atom stereocenters. The van der Waals surface area contributed by atoms with Crippen LogP contribution in [0.4, 0.5) is 14.5 Å². The number of hydrogen-bond donors (Lipinski definition) is 1. The molecule has 0 bridgehead atoms. The van der Waals surface area contributed by atoms with Crippen LogP contribution in [0.5, 0.6) is 0 Å². The molecule has 19 heavy (non-hydrogen) atoms. The zero-order valence-electron chi connectivity index (χ0n) is 9.38. The average molecular weight is 347 g/mol. The number of carbonyl (C=O) groups excluding carboxylic acids is 1. The van der Waals surface area contributed by atoms with E-state index in [0.29, 0.717) is 15.2 Å². The molecule has 2 nitrogen and oxygen atoms in total. The largest absolute Gasteiger partial charge is 0.321 e. The summed E-state index contributed by atoms with van der Waals surface area (Å²) in [4.78, 5) is 11.9. The summed E-state index contributed by atoms with van der Waals surface area (Å²) >= 11 is 9.02. The van der Waals surface area contributed by atoms with Crippen LogP contribution in [0.3, 0.4) is 0 Å². The first-order valence-corrected chi connectivity index (χ1v) is 6.36. The molecule has 2 aromatic rings. The molecule has 98 valence electrons. The standard InChI is InChI=1S/C13H7BrClF2NO/c14-9-5-4-7(15)6-11(9)18-13(19)8-2-1-3-10(16)12(8)17/h1-6H,(H,18,19). The lowest BCUT2D eigenvalue weighted by molar-refractivity contribution is 0.102. The minimum absolute atomic E-state index is 0.369. The Hall–Kier alpha value is -1.46. The van der Waals surface area contributed by atoms with Crippen LogP contribution in [0.15, 0.2) is 40.9 Å². The second-order valence-corrected chi connectivity index (χ2v) is 4.97. The van der Waals surface area contributed by atoms with E-state index in [9.17, 15) is 13.6 Å². The van der Waals surface area contributed by atoms with Crippen molar-refractivity contribution in [2.75, 3.05) is 5.32 Å². The van der Waals surface area contributed by atoms with Crippen LogP contribution in [-0.2, 0) is 0 Å². The molecule has 0 atom stereocenters. The molecule has 0 aliphatic rings. The highest BCUT2D eigenvalue weighted by molar-refractivity contribution is 9.10. The Morgan fingerprint density at radius 1 is 1.21 bits per heavy atom. The fourth-order valence-electron chi connectivity index (χ4n) is 1.46. The van der Waals surface area contributed by atoms with Crippen molar-refractivity contribution in [1.29, 1.82) is 0 Å². The van der Waals surface area contributed by atoms with Gasteiger partial charge in [-0.25, -0.2) is 8.78 Å². The molecule has 2 aromatic carbocycles. The summed E-state index contributed by atoms with van der Waals surface area (Å²) in [5.41, 5.74) is 0.00744. The van der Waals surface area contributed by atoms with Crippen molar-refractivity contribution < 1.29 is 13.6 Å². The summed E-state index contributed by atoms with van der Waals surface area (Å²) in [6, 6.07) is 8.18. The number of benzene rings is 2. The normalized spacial score (nSPS) is 10.3. The number of anilines is 1. The van der Waals surface area contributed by atoms with Crippen molar-refractivity contribution in [3.05, 3.63) is 63.1 Å². The summed E-state index contributed by atoms with van der Waals surface area (Å²) in [5.74, 6) is -3.00. The maximum Gasteiger partial charge on any atom is 0.258 e. The van der Waals surface area contributed by atoms with Crippen LogP contribution in [0.2, 0.25) is 5.02 Å². The minimum atomic E-state index is -1.18. The SMILES string of the molecule is O=C(Nc1cc(Cl)ccc1Br)c1cccc(F)c1F. The second-order valence-electron chi connectivity index (χ2n) is 3.68. The van der Waals surface area contributed by atoms with Gasteiger partial charge in [0.15, 0.2) is 11.6 Å². The lowest BCUT2D eigenvalue weighted by Gasteiger charge is -2.08. The Kier molecular flexibility index (Phi) is 4.17. The molecule has 6 heteroatoms. The van der Waals surface area contributed by atoms with E-state index in [2.05, 4.69) is 21.2 Å². The second kappa shape index (κ2) is 5.67. The van der Waals surface area contributed by atoms with Gasteiger partial charge in [-0.2, -0.15) is 0 Å². The van der Waals surface area contributed by atoms with E-state index in [0.717, 1.165) is 6.07 Å². The maximum absolute atomic E-state index is 13.5. The third-order valence-corrected chi connectivity index (χ3v) is 3.30. The fraction of sp³-hybridized carbons (Fsp3) is 0. The van der Waals surface area contributed by atoms with Crippen LogP contribution in [0.25, 0.3) is 0 Å². The third-order valence-electron chi connectivity index (χ3n) is 2.37. The van der Waals surface area contributed by atoms with Crippen molar-refractivity contribution in [3.63, 3.8) is 0 Å². The molecule has 1 amide bonds. The predicted octanol–water partition coefficient (Wildman–Crippen LogP) is 4.63. The van der Waals surface area contributed by atoms with Gasteiger partial charge < -0.3 is 5.32 Å². The number of halogens is 4. The van der Waals surface area contributed by atoms with Crippen LogP contribution >= 0.6 is 27.5 Å². The lowest BCUT2D eigenvalue weighted by Crippen LogP contribution is -2.14. The highest BCUT2D eigenvalue weighted by atomic mass is 79.9. The molecule has 0 aliphatic heterocycles. The van der Waals surface area contributed by atoms with Crippen molar-refractivity contribution in [1.82, 2.24) is 0 Å². The predicted molar refractivity (Wildman–Crippen MR) is 73.5 cm³/mol. The van der Waals surface area contributed by atoms with Gasteiger partial charge in [-0.3, -0.25) is 4.79 Å². The Morgan fingerprint density at radius 3 is 2.68 bits per heavy atom. The number of hydrogen-bond acceptors (Lipinski definition) is 1. The first kappa shape index (κ1) is 14.0. The van der Waals surface area contributed by atoms with Crippen LogP contribution in [0, 0.1) is 11.6 Å². The van der Waals surface area contributed by atoms with Crippen molar-refractivity contribution in [2.24, 2.45) is 0 Å². The molecular formula is C13H7BrClF2NO. The van der Waals surface area contributed by atoms with Gasteiger partial charge in [-0.05, 0) is 46.3 Å². The number of nitrogens with one attached hydrogen (secondary N) is 1. The molecule has 0 fully saturated rings. The smallest absolute Gasteiger partial charge is 0.258 e. The average Bonchev–Trinajstić information content (AvgIpc) is 2.37. The van der Waals surface area contributed by atoms with Gasteiger partial charge in [0.2, 0.25) is 0 Å². The molecule has 0 aliphatic carbocycles. The van der Waals surface area contributed by atoms with E-state index < -0.39 is 17.5 Å². The van der Waals surface area contributed by atoms with Gasteiger partial charge in [0, 0.05) is 9.50 Å². The molecule has 0 saturated carbocycles. The monoisotopic (exact) mass is 345 g/mol. The van der Waals surface area contributed by atoms with E-state index in [-0.39, 0.29) is 5.56 Å². The van der Waals surface area contributed by atoms with Gasteiger partial charge in [-0.15, -0.1) is 0 Å². The zero-order valence-corrected chi connectivity index (χ0v) is 11.7. The van der Waals surface area contributed by atoms with E-state index in [1.54, 1.807) is 12.1 Å². The Bertz CT molecular complexity index is 649. The topological polar surface area (TPSA) is 29.1 Å². The van der Waals surface area contributed by atoms with E-state index in [1.807, 2.05) is 0 Å². The Morgan fingerprint density at radius 2 is 1.95 bits per heavy atom. The first-order chi connectivity index (χ1) is 8.99. The van der Waals surface area contributed by atoms with Crippen molar-refractivity contribution >= 4 is 39.1 Å². The molecule has 1 N–H and O–H groups in total. The highest BCUT2D eigenvalue weighted by Gasteiger charge is 2.16. The molecule has 2 rings (SSSR count). The molecule has 0 aromatic heterocycles. The summed E-state index contributed by atoms with van der Waals surface area (Å²) in [6.07, 6.45) is 0. The third kappa shape index (κ3) is 3.11. The van der Waals surface area contributed by atoms with E-state index >= 15 is 0 Å². The molecule has 0 saturated heterocycles. The summed E-state index contributed by atoms with van der Waals surface area (Å²) in [6.45, 7) is 0. The lowest BCUT2D eigenvalue weighted by atomic mass is 10.2. The van der Waals surface area contributed by atoms with E-state index in [4.69, 9.17) is 11.6 Å². The number of rotatable bonds is 2. The highest BCUT2D eigenvalue weighted by Crippen LogP contribution is 2.26. The Labute approximate surface area is 121 Å².